The van der Waals surface area contributed by atoms with Crippen LogP contribution in [0.15, 0.2) is 18.2 Å². The summed E-state index contributed by atoms with van der Waals surface area (Å²) in [6, 6.07) is 7.86. The van der Waals surface area contributed by atoms with E-state index in [4.69, 9.17) is 4.74 Å². The zero-order chi connectivity index (χ0) is 14.7. The Bertz CT molecular complexity index is 470. The average molecular weight is 288 g/mol. The van der Waals surface area contributed by atoms with Crippen molar-refractivity contribution in [3.05, 3.63) is 29.3 Å². The number of ether oxygens (including phenoxy) is 1. The Morgan fingerprint density at radius 2 is 2.14 bits per heavy atom. The number of rotatable bonds is 7. The third-order valence-corrected chi connectivity index (χ3v) is 4.94. The van der Waals surface area contributed by atoms with Crippen LogP contribution >= 0.6 is 0 Å². The molecule has 2 aliphatic carbocycles. The molecule has 1 saturated carbocycles. The number of likely N-dealkylation sites (N-methyl/N-ethyl adjacent to an activating group) is 1. The summed E-state index contributed by atoms with van der Waals surface area (Å²) in [4.78, 5) is 2.61. The lowest BCUT2D eigenvalue weighted by Gasteiger charge is -2.29. The molecule has 1 unspecified atom stereocenters. The van der Waals surface area contributed by atoms with E-state index in [-0.39, 0.29) is 0 Å². The Kier molecular flexibility index (Phi) is 4.81. The zero-order valence-electron chi connectivity index (χ0n) is 13.4. The number of benzene rings is 1. The van der Waals surface area contributed by atoms with Gasteiger partial charge >= 0.3 is 0 Å². The van der Waals surface area contributed by atoms with Crippen LogP contribution in [0.1, 0.15) is 49.8 Å². The van der Waals surface area contributed by atoms with Gasteiger partial charge < -0.3 is 10.1 Å². The second-order valence-corrected chi connectivity index (χ2v) is 6.29. The lowest BCUT2D eigenvalue weighted by molar-refractivity contribution is 0.269. The predicted molar refractivity (Wildman–Crippen MR) is 86.9 cm³/mol. The first kappa shape index (κ1) is 14.9. The van der Waals surface area contributed by atoms with E-state index < -0.39 is 0 Å². The van der Waals surface area contributed by atoms with Crippen molar-refractivity contribution in [1.29, 1.82) is 0 Å². The number of hydrogen-bond acceptors (Lipinski definition) is 3. The molecule has 1 aromatic carbocycles. The number of methoxy groups -OCH3 is 1. The fraction of sp³-hybridized carbons (Fsp3) is 0.667. The summed E-state index contributed by atoms with van der Waals surface area (Å²) < 4.78 is 5.52. The summed E-state index contributed by atoms with van der Waals surface area (Å²) in [5, 5.41) is 3.78. The van der Waals surface area contributed by atoms with Crippen molar-refractivity contribution in [1.82, 2.24) is 10.2 Å². The molecule has 116 valence electrons. The van der Waals surface area contributed by atoms with E-state index in [1.165, 1.54) is 49.9 Å². The SMILES string of the molecule is CCN(CCNC1CCCc2c(OC)cccc21)C1CC1. The fourth-order valence-electron chi connectivity index (χ4n) is 3.64. The van der Waals surface area contributed by atoms with Crippen LogP contribution in [0.25, 0.3) is 0 Å². The first-order chi connectivity index (χ1) is 10.3. The third kappa shape index (κ3) is 3.41. The van der Waals surface area contributed by atoms with Gasteiger partial charge in [-0.2, -0.15) is 0 Å². The molecule has 1 aromatic rings. The van der Waals surface area contributed by atoms with Gasteiger partial charge in [0.25, 0.3) is 0 Å². The van der Waals surface area contributed by atoms with Gasteiger partial charge in [-0.1, -0.05) is 19.1 Å². The lowest BCUT2D eigenvalue weighted by Crippen LogP contribution is -2.36. The minimum absolute atomic E-state index is 0.502. The van der Waals surface area contributed by atoms with Gasteiger partial charge in [0.15, 0.2) is 0 Å². The standard InChI is InChI=1S/C18H28N2O/c1-3-20(14-10-11-14)13-12-19-17-8-4-7-16-15(17)6-5-9-18(16)21-2/h5-6,9,14,17,19H,3-4,7-8,10-13H2,1-2H3. The molecule has 3 rings (SSSR count). The van der Waals surface area contributed by atoms with Crippen molar-refractivity contribution in [2.24, 2.45) is 0 Å². The number of nitrogens with one attached hydrogen (secondary N) is 1. The van der Waals surface area contributed by atoms with Crippen LogP contribution in [0.4, 0.5) is 0 Å². The Morgan fingerprint density at radius 3 is 2.86 bits per heavy atom. The van der Waals surface area contributed by atoms with Gasteiger partial charge in [0, 0.05) is 25.2 Å². The van der Waals surface area contributed by atoms with Crippen molar-refractivity contribution < 1.29 is 4.74 Å². The van der Waals surface area contributed by atoms with Crippen molar-refractivity contribution in [2.75, 3.05) is 26.7 Å². The van der Waals surface area contributed by atoms with E-state index in [0.29, 0.717) is 6.04 Å². The van der Waals surface area contributed by atoms with E-state index in [1.54, 1.807) is 7.11 Å². The molecule has 2 aliphatic rings. The molecular weight excluding hydrogens is 260 g/mol. The van der Waals surface area contributed by atoms with Crippen LogP contribution in [0.5, 0.6) is 5.75 Å². The first-order valence-electron chi connectivity index (χ1n) is 8.46. The third-order valence-electron chi connectivity index (χ3n) is 4.94. The van der Waals surface area contributed by atoms with Crippen LogP contribution in [0.2, 0.25) is 0 Å². The average Bonchev–Trinajstić information content (AvgIpc) is 3.36. The van der Waals surface area contributed by atoms with Crippen molar-refractivity contribution in [3.8, 4) is 5.75 Å². The van der Waals surface area contributed by atoms with E-state index in [2.05, 4.69) is 35.3 Å². The van der Waals surface area contributed by atoms with E-state index in [9.17, 15) is 0 Å². The van der Waals surface area contributed by atoms with Gasteiger partial charge in [0.2, 0.25) is 0 Å². The molecule has 1 fully saturated rings. The molecule has 0 aromatic heterocycles. The van der Waals surface area contributed by atoms with Gasteiger partial charge in [0.05, 0.1) is 7.11 Å². The lowest BCUT2D eigenvalue weighted by atomic mass is 9.87. The highest BCUT2D eigenvalue weighted by Gasteiger charge is 2.28. The fourth-order valence-corrected chi connectivity index (χ4v) is 3.64. The first-order valence-corrected chi connectivity index (χ1v) is 8.46. The number of fused-ring (bicyclic) bond motifs is 1. The van der Waals surface area contributed by atoms with Crippen molar-refractivity contribution in [2.45, 2.75) is 51.1 Å². The number of nitrogens with zero attached hydrogens (tertiary/aromatic N) is 1. The molecule has 21 heavy (non-hydrogen) atoms. The molecule has 0 radical (unpaired) electrons. The summed E-state index contributed by atoms with van der Waals surface area (Å²) in [7, 11) is 1.78. The molecule has 1 atom stereocenters. The van der Waals surface area contributed by atoms with Crippen LogP contribution in [-0.4, -0.2) is 37.7 Å². The van der Waals surface area contributed by atoms with Crippen molar-refractivity contribution in [3.63, 3.8) is 0 Å². The second-order valence-electron chi connectivity index (χ2n) is 6.29. The molecule has 0 aliphatic heterocycles. The quantitative estimate of drug-likeness (QED) is 0.834. The molecule has 1 N–H and O–H groups in total. The van der Waals surface area contributed by atoms with Gasteiger partial charge in [-0.15, -0.1) is 0 Å². The largest absolute Gasteiger partial charge is 0.496 e. The normalized spacial score (nSPS) is 21.4. The van der Waals surface area contributed by atoms with Crippen LogP contribution < -0.4 is 10.1 Å². The molecule has 0 saturated heterocycles. The van der Waals surface area contributed by atoms with Crippen LogP contribution in [-0.2, 0) is 6.42 Å². The Labute approximate surface area is 128 Å². The van der Waals surface area contributed by atoms with Gasteiger partial charge in [-0.05, 0) is 55.8 Å². The van der Waals surface area contributed by atoms with Gasteiger partial charge in [0.1, 0.15) is 5.75 Å². The summed E-state index contributed by atoms with van der Waals surface area (Å²) in [6.45, 7) is 5.73. The predicted octanol–water partition coefficient (Wildman–Crippen LogP) is 3.15. The van der Waals surface area contributed by atoms with E-state index >= 15 is 0 Å². The summed E-state index contributed by atoms with van der Waals surface area (Å²) in [5.41, 5.74) is 2.87. The topological polar surface area (TPSA) is 24.5 Å². The minimum Gasteiger partial charge on any atom is -0.496 e. The maximum absolute atomic E-state index is 5.52. The Balaban J connectivity index is 1.60. The highest BCUT2D eigenvalue weighted by Crippen LogP contribution is 2.35. The maximum atomic E-state index is 5.52. The number of hydrogen-bond donors (Lipinski definition) is 1. The molecule has 3 nitrogen and oxygen atoms in total. The van der Waals surface area contributed by atoms with E-state index in [0.717, 1.165) is 24.8 Å². The zero-order valence-corrected chi connectivity index (χ0v) is 13.4. The molecule has 0 bridgehead atoms. The second kappa shape index (κ2) is 6.80. The molecule has 0 heterocycles. The van der Waals surface area contributed by atoms with Gasteiger partial charge in [-0.25, -0.2) is 0 Å². The summed E-state index contributed by atoms with van der Waals surface area (Å²) in [5.74, 6) is 1.06. The van der Waals surface area contributed by atoms with Crippen LogP contribution in [0.3, 0.4) is 0 Å². The molecular formula is C18H28N2O. The maximum Gasteiger partial charge on any atom is 0.122 e. The van der Waals surface area contributed by atoms with E-state index in [1.807, 2.05) is 0 Å². The minimum atomic E-state index is 0.502. The Morgan fingerprint density at radius 1 is 1.29 bits per heavy atom. The monoisotopic (exact) mass is 288 g/mol. The van der Waals surface area contributed by atoms with Gasteiger partial charge in [-0.3, -0.25) is 4.90 Å². The molecule has 3 heteroatoms. The highest BCUT2D eigenvalue weighted by atomic mass is 16.5. The highest BCUT2D eigenvalue weighted by molar-refractivity contribution is 5.43. The smallest absolute Gasteiger partial charge is 0.122 e. The summed E-state index contributed by atoms with van der Waals surface area (Å²) in [6.07, 6.45) is 6.45. The van der Waals surface area contributed by atoms with Crippen molar-refractivity contribution >= 4 is 0 Å². The van der Waals surface area contributed by atoms with Crippen LogP contribution in [0, 0.1) is 0 Å². The molecule has 0 spiro atoms. The Hall–Kier alpha value is -1.06. The summed E-state index contributed by atoms with van der Waals surface area (Å²) >= 11 is 0. The molecule has 0 amide bonds.